The van der Waals surface area contributed by atoms with Gasteiger partial charge in [0, 0.05) is 18.3 Å². The van der Waals surface area contributed by atoms with Crippen LogP contribution in [0.15, 0.2) is 0 Å². The number of morpholine rings is 1. The first-order chi connectivity index (χ1) is 6.45. The van der Waals surface area contributed by atoms with Crippen molar-refractivity contribution in [2.75, 3.05) is 26.3 Å². The Hall–Kier alpha value is 0.270. The Kier molecular flexibility index (Phi) is 3.94. The van der Waals surface area contributed by atoms with Crippen molar-refractivity contribution in [3.63, 3.8) is 0 Å². The van der Waals surface area contributed by atoms with Gasteiger partial charge in [-0.1, -0.05) is 31.2 Å². The molecule has 1 saturated heterocycles. The smallest absolute Gasteiger partial charge is 0.0603 e. The van der Waals surface area contributed by atoms with Crippen LogP contribution in [0.3, 0.4) is 0 Å². The Morgan fingerprint density at radius 1 is 1.00 bits per heavy atom. The van der Waals surface area contributed by atoms with Crippen LogP contribution in [-0.2, 0) is 4.74 Å². The SMILES string of the molecule is C1CCC(SN2CCOCC2)CC1. The van der Waals surface area contributed by atoms with E-state index in [4.69, 9.17) is 4.74 Å². The van der Waals surface area contributed by atoms with Crippen LogP contribution in [0.1, 0.15) is 32.1 Å². The van der Waals surface area contributed by atoms with Crippen LogP contribution in [0.5, 0.6) is 0 Å². The molecule has 1 saturated carbocycles. The minimum absolute atomic E-state index is 0.909. The van der Waals surface area contributed by atoms with Gasteiger partial charge in [-0.15, -0.1) is 0 Å². The predicted molar refractivity (Wildman–Crippen MR) is 56.9 cm³/mol. The summed E-state index contributed by atoms with van der Waals surface area (Å²) in [4.78, 5) is 0. The van der Waals surface area contributed by atoms with E-state index in [1.165, 1.54) is 32.1 Å². The summed E-state index contributed by atoms with van der Waals surface area (Å²) >= 11 is 2.09. The summed E-state index contributed by atoms with van der Waals surface area (Å²) in [6, 6.07) is 0. The third kappa shape index (κ3) is 3.15. The van der Waals surface area contributed by atoms with Gasteiger partial charge in [-0.25, -0.2) is 4.31 Å². The van der Waals surface area contributed by atoms with Gasteiger partial charge in [-0.3, -0.25) is 0 Å². The lowest BCUT2D eigenvalue weighted by Crippen LogP contribution is -2.33. The minimum atomic E-state index is 0.909. The van der Waals surface area contributed by atoms with Crippen molar-refractivity contribution < 1.29 is 4.74 Å². The standard InChI is InChI=1S/C10H19NOS/c1-2-4-10(5-3-1)13-11-6-8-12-9-7-11/h10H,1-9H2. The molecule has 1 aliphatic heterocycles. The molecule has 0 unspecified atom stereocenters. The molecule has 0 amide bonds. The van der Waals surface area contributed by atoms with Crippen LogP contribution in [0.25, 0.3) is 0 Å². The molecule has 13 heavy (non-hydrogen) atoms. The van der Waals surface area contributed by atoms with Crippen molar-refractivity contribution in [3.8, 4) is 0 Å². The van der Waals surface area contributed by atoms with Crippen molar-refractivity contribution in [2.45, 2.75) is 37.4 Å². The summed E-state index contributed by atoms with van der Waals surface area (Å²) in [7, 11) is 0. The zero-order chi connectivity index (χ0) is 8.93. The molecule has 3 heteroatoms. The summed E-state index contributed by atoms with van der Waals surface area (Å²) in [5.41, 5.74) is 0. The highest BCUT2D eigenvalue weighted by atomic mass is 32.2. The molecular weight excluding hydrogens is 182 g/mol. The predicted octanol–water partition coefficient (Wildman–Crippen LogP) is 2.30. The molecule has 2 fully saturated rings. The quantitative estimate of drug-likeness (QED) is 0.636. The topological polar surface area (TPSA) is 12.5 Å². The summed E-state index contributed by atoms with van der Waals surface area (Å²) < 4.78 is 7.83. The van der Waals surface area contributed by atoms with E-state index >= 15 is 0 Å². The molecule has 1 heterocycles. The van der Waals surface area contributed by atoms with Gasteiger partial charge in [-0.2, -0.15) is 0 Å². The van der Waals surface area contributed by atoms with E-state index in [1.807, 2.05) is 0 Å². The van der Waals surface area contributed by atoms with Crippen molar-refractivity contribution in [1.82, 2.24) is 4.31 Å². The van der Waals surface area contributed by atoms with Crippen molar-refractivity contribution in [1.29, 1.82) is 0 Å². The normalized spacial score (nSPS) is 27.7. The number of hydrogen-bond acceptors (Lipinski definition) is 3. The average Bonchev–Trinajstić information content (AvgIpc) is 2.21. The van der Waals surface area contributed by atoms with Gasteiger partial charge in [0.2, 0.25) is 0 Å². The van der Waals surface area contributed by atoms with E-state index in [1.54, 1.807) is 0 Å². The fourth-order valence-electron chi connectivity index (χ4n) is 2.03. The van der Waals surface area contributed by atoms with Gasteiger partial charge in [-0.05, 0) is 12.8 Å². The summed E-state index contributed by atoms with van der Waals surface area (Å²) in [5, 5.41) is 0.909. The van der Waals surface area contributed by atoms with E-state index in [9.17, 15) is 0 Å². The van der Waals surface area contributed by atoms with Gasteiger partial charge < -0.3 is 4.74 Å². The van der Waals surface area contributed by atoms with Gasteiger partial charge >= 0.3 is 0 Å². The molecule has 1 aliphatic carbocycles. The Labute approximate surface area is 85.1 Å². The molecule has 2 rings (SSSR count). The largest absolute Gasteiger partial charge is 0.379 e. The van der Waals surface area contributed by atoms with Gasteiger partial charge in [0.25, 0.3) is 0 Å². The second-order valence-corrected chi connectivity index (χ2v) is 5.30. The fourth-order valence-corrected chi connectivity index (χ4v) is 3.36. The van der Waals surface area contributed by atoms with E-state index in [0.717, 1.165) is 31.6 Å². The van der Waals surface area contributed by atoms with E-state index in [2.05, 4.69) is 16.3 Å². The Balaban J connectivity index is 1.69. The molecule has 0 atom stereocenters. The highest BCUT2D eigenvalue weighted by molar-refractivity contribution is 7.97. The lowest BCUT2D eigenvalue weighted by atomic mass is 10.0. The van der Waals surface area contributed by atoms with E-state index in [-0.39, 0.29) is 0 Å². The fraction of sp³-hybridized carbons (Fsp3) is 1.00. The second-order valence-electron chi connectivity index (χ2n) is 3.91. The number of ether oxygens (including phenoxy) is 1. The Morgan fingerprint density at radius 2 is 1.69 bits per heavy atom. The first kappa shape index (κ1) is 9.81. The molecule has 0 radical (unpaired) electrons. The molecule has 2 aliphatic rings. The average molecular weight is 201 g/mol. The zero-order valence-corrected chi connectivity index (χ0v) is 9.02. The van der Waals surface area contributed by atoms with Crippen molar-refractivity contribution in [2.24, 2.45) is 0 Å². The van der Waals surface area contributed by atoms with Crippen LogP contribution >= 0.6 is 11.9 Å². The first-order valence-electron chi connectivity index (χ1n) is 5.44. The maximum atomic E-state index is 5.33. The zero-order valence-electron chi connectivity index (χ0n) is 8.21. The van der Waals surface area contributed by atoms with Crippen LogP contribution in [0, 0.1) is 0 Å². The molecule has 2 nitrogen and oxygen atoms in total. The third-order valence-electron chi connectivity index (χ3n) is 2.82. The van der Waals surface area contributed by atoms with Gasteiger partial charge in [0.05, 0.1) is 13.2 Å². The minimum Gasteiger partial charge on any atom is -0.379 e. The maximum absolute atomic E-state index is 5.33. The lowest BCUT2D eigenvalue weighted by molar-refractivity contribution is 0.0770. The van der Waals surface area contributed by atoms with Gasteiger partial charge in [0.1, 0.15) is 0 Å². The second kappa shape index (κ2) is 5.23. The first-order valence-corrected chi connectivity index (χ1v) is 6.28. The number of nitrogens with zero attached hydrogens (tertiary/aromatic N) is 1. The maximum Gasteiger partial charge on any atom is 0.0603 e. The molecule has 0 aromatic carbocycles. The number of hydrogen-bond donors (Lipinski definition) is 0. The van der Waals surface area contributed by atoms with Crippen LogP contribution in [0.4, 0.5) is 0 Å². The Morgan fingerprint density at radius 3 is 2.38 bits per heavy atom. The third-order valence-corrected chi connectivity index (χ3v) is 4.25. The molecule has 0 aromatic rings. The molecule has 0 bridgehead atoms. The summed E-state index contributed by atoms with van der Waals surface area (Å²) in [6.45, 7) is 4.11. The summed E-state index contributed by atoms with van der Waals surface area (Å²) in [6.07, 6.45) is 7.22. The van der Waals surface area contributed by atoms with Crippen molar-refractivity contribution in [3.05, 3.63) is 0 Å². The summed E-state index contributed by atoms with van der Waals surface area (Å²) in [5.74, 6) is 0. The number of rotatable bonds is 2. The van der Waals surface area contributed by atoms with E-state index in [0.29, 0.717) is 0 Å². The van der Waals surface area contributed by atoms with Crippen LogP contribution in [0.2, 0.25) is 0 Å². The van der Waals surface area contributed by atoms with Crippen molar-refractivity contribution >= 4 is 11.9 Å². The Bertz CT molecular complexity index is 126. The highest BCUT2D eigenvalue weighted by Crippen LogP contribution is 2.30. The molecule has 0 spiro atoms. The van der Waals surface area contributed by atoms with Crippen LogP contribution < -0.4 is 0 Å². The highest BCUT2D eigenvalue weighted by Gasteiger charge is 2.19. The molecule has 76 valence electrons. The molecule has 0 N–H and O–H groups in total. The van der Waals surface area contributed by atoms with Gasteiger partial charge in [0.15, 0.2) is 0 Å². The van der Waals surface area contributed by atoms with E-state index < -0.39 is 0 Å². The molecule has 0 aromatic heterocycles. The molecular formula is C10H19NOS. The monoisotopic (exact) mass is 201 g/mol. The lowest BCUT2D eigenvalue weighted by Gasteiger charge is -2.30. The van der Waals surface area contributed by atoms with Crippen LogP contribution in [-0.4, -0.2) is 35.9 Å².